The van der Waals surface area contributed by atoms with Crippen LogP contribution in [-0.2, 0) is 16.0 Å². The lowest BCUT2D eigenvalue weighted by Crippen LogP contribution is -2.30. The first-order valence-electron chi connectivity index (χ1n) is 9.01. The lowest BCUT2D eigenvalue weighted by Gasteiger charge is -2.17. The van der Waals surface area contributed by atoms with Gasteiger partial charge in [0, 0.05) is 19.5 Å². The number of nitrogens with one attached hydrogen (secondary N) is 1. The summed E-state index contributed by atoms with van der Waals surface area (Å²) >= 11 is 0. The number of carbonyl (C=O) groups is 2. The third-order valence-electron chi connectivity index (χ3n) is 4.76. The van der Waals surface area contributed by atoms with Gasteiger partial charge in [-0.1, -0.05) is 6.07 Å². The maximum Gasteiger partial charge on any atom is 0.229 e. The fourth-order valence-corrected chi connectivity index (χ4v) is 3.19. The number of rotatable bonds is 7. The SMILES string of the molecule is COc1ccc(CCN2C[C@@H](C(=O)Nc3ccc(N)nc3)CC2=O)cc1OC. The number of likely N-dealkylation sites (tertiary alicyclic amines) is 1. The van der Waals surface area contributed by atoms with Crippen LogP contribution in [0.4, 0.5) is 11.5 Å². The summed E-state index contributed by atoms with van der Waals surface area (Å²) in [7, 11) is 3.18. The zero-order chi connectivity index (χ0) is 20.1. The first-order chi connectivity index (χ1) is 13.5. The van der Waals surface area contributed by atoms with Crippen molar-refractivity contribution >= 4 is 23.3 Å². The van der Waals surface area contributed by atoms with Crippen molar-refractivity contribution in [2.24, 2.45) is 5.92 Å². The predicted molar refractivity (Wildman–Crippen MR) is 105 cm³/mol. The molecule has 0 unspecified atom stereocenters. The molecule has 1 aliphatic rings. The van der Waals surface area contributed by atoms with Gasteiger partial charge in [0.1, 0.15) is 5.82 Å². The van der Waals surface area contributed by atoms with Gasteiger partial charge in [0.2, 0.25) is 11.8 Å². The third-order valence-corrected chi connectivity index (χ3v) is 4.76. The number of carbonyl (C=O) groups excluding carboxylic acids is 2. The van der Waals surface area contributed by atoms with Crippen LogP contribution in [0, 0.1) is 5.92 Å². The number of amides is 2. The van der Waals surface area contributed by atoms with E-state index in [0.29, 0.717) is 42.5 Å². The molecule has 1 atom stereocenters. The van der Waals surface area contributed by atoms with Gasteiger partial charge in [0.15, 0.2) is 11.5 Å². The van der Waals surface area contributed by atoms with Crippen molar-refractivity contribution < 1.29 is 19.1 Å². The van der Waals surface area contributed by atoms with Crippen LogP contribution in [0.15, 0.2) is 36.5 Å². The van der Waals surface area contributed by atoms with Crippen LogP contribution in [0.3, 0.4) is 0 Å². The number of ether oxygens (including phenoxy) is 2. The van der Waals surface area contributed by atoms with Gasteiger partial charge in [-0.05, 0) is 36.2 Å². The Kier molecular flexibility index (Phi) is 5.98. The molecule has 3 N–H and O–H groups in total. The summed E-state index contributed by atoms with van der Waals surface area (Å²) in [5.41, 5.74) is 7.14. The summed E-state index contributed by atoms with van der Waals surface area (Å²) in [4.78, 5) is 30.4. The Bertz CT molecular complexity index is 854. The standard InChI is InChI=1S/C20H24N4O4/c1-27-16-5-3-13(9-17(16)28-2)7-8-24-12-14(10-19(24)25)20(26)23-15-4-6-18(21)22-11-15/h3-6,9,11,14H,7-8,10,12H2,1-2H3,(H2,21,22)(H,23,26)/t14-/m0/s1. The van der Waals surface area contributed by atoms with E-state index in [4.69, 9.17) is 15.2 Å². The Labute approximate surface area is 163 Å². The number of hydrogen-bond acceptors (Lipinski definition) is 6. The highest BCUT2D eigenvalue weighted by molar-refractivity contribution is 5.97. The number of nitrogen functional groups attached to an aromatic ring is 1. The summed E-state index contributed by atoms with van der Waals surface area (Å²) in [6.45, 7) is 0.946. The van der Waals surface area contributed by atoms with Gasteiger partial charge in [0.05, 0.1) is 32.0 Å². The van der Waals surface area contributed by atoms with Crippen molar-refractivity contribution in [2.75, 3.05) is 38.4 Å². The number of methoxy groups -OCH3 is 2. The zero-order valence-electron chi connectivity index (χ0n) is 16.0. The third kappa shape index (κ3) is 4.51. The molecule has 1 aliphatic heterocycles. The molecule has 0 aliphatic carbocycles. The fraction of sp³-hybridized carbons (Fsp3) is 0.350. The number of nitrogens with zero attached hydrogens (tertiary/aromatic N) is 2. The van der Waals surface area contributed by atoms with Gasteiger partial charge < -0.3 is 25.4 Å². The largest absolute Gasteiger partial charge is 0.493 e. The summed E-state index contributed by atoms with van der Waals surface area (Å²) in [5.74, 6) is 1.12. The Morgan fingerprint density at radius 2 is 2.04 bits per heavy atom. The molecule has 2 amide bonds. The van der Waals surface area contributed by atoms with Crippen molar-refractivity contribution in [3.63, 3.8) is 0 Å². The van der Waals surface area contributed by atoms with E-state index < -0.39 is 0 Å². The van der Waals surface area contributed by atoms with Crippen LogP contribution in [-0.4, -0.2) is 49.0 Å². The minimum Gasteiger partial charge on any atom is -0.493 e. The van der Waals surface area contributed by atoms with Gasteiger partial charge in [-0.15, -0.1) is 0 Å². The molecule has 148 valence electrons. The zero-order valence-corrected chi connectivity index (χ0v) is 16.0. The molecule has 1 fully saturated rings. The van der Waals surface area contributed by atoms with E-state index in [0.717, 1.165) is 5.56 Å². The molecule has 2 aromatic rings. The number of pyridine rings is 1. The monoisotopic (exact) mass is 384 g/mol. The second-order valence-corrected chi connectivity index (χ2v) is 6.64. The first-order valence-corrected chi connectivity index (χ1v) is 9.01. The average Bonchev–Trinajstić information content (AvgIpc) is 3.08. The molecule has 1 aromatic heterocycles. The van der Waals surface area contributed by atoms with E-state index in [9.17, 15) is 9.59 Å². The van der Waals surface area contributed by atoms with Crippen LogP contribution in [0.2, 0.25) is 0 Å². The van der Waals surface area contributed by atoms with E-state index in [1.54, 1.807) is 31.3 Å². The molecular formula is C20H24N4O4. The molecule has 0 bridgehead atoms. The van der Waals surface area contributed by atoms with Crippen molar-refractivity contribution in [3.05, 3.63) is 42.1 Å². The summed E-state index contributed by atoms with van der Waals surface area (Å²) in [5, 5.41) is 2.79. The molecule has 1 aromatic carbocycles. The topological polar surface area (TPSA) is 107 Å². The van der Waals surface area contributed by atoms with Gasteiger partial charge in [-0.25, -0.2) is 4.98 Å². The summed E-state index contributed by atoms with van der Waals surface area (Å²) < 4.78 is 10.5. The van der Waals surface area contributed by atoms with Crippen molar-refractivity contribution in [3.8, 4) is 11.5 Å². The maximum atomic E-state index is 12.4. The molecule has 1 saturated heterocycles. The molecule has 8 heteroatoms. The molecule has 28 heavy (non-hydrogen) atoms. The fourth-order valence-electron chi connectivity index (χ4n) is 3.19. The number of benzene rings is 1. The molecule has 0 radical (unpaired) electrons. The Hall–Kier alpha value is -3.29. The first kappa shape index (κ1) is 19.5. The smallest absolute Gasteiger partial charge is 0.229 e. The lowest BCUT2D eigenvalue weighted by atomic mass is 10.1. The van der Waals surface area contributed by atoms with E-state index in [1.807, 2.05) is 18.2 Å². The Morgan fingerprint density at radius 3 is 2.71 bits per heavy atom. The van der Waals surface area contributed by atoms with E-state index >= 15 is 0 Å². The van der Waals surface area contributed by atoms with Gasteiger partial charge in [-0.3, -0.25) is 9.59 Å². The molecule has 2 heterocycles. The highest BCUT2D eigenvalue weighted by Crippen LogP contribution is 2.28. The van der Waals surface area contributed by atoms with Gasteiger partial charge in [0.25, 0.3) is 0 Å². The molecule has 0 saturated carbocycles. The highest BCUT2D eigenvalue weighted by Gasteiger charge is 2.34. The second kappa shape index (κ2) is 8.60. The van der Waals surface area contributed by atoms with E-state index in [2.05, 4.69) is 10.3 Å². The minimum absolute atomic E-state index is 0.0175. The summed E-state index contributed by atoms with van der Waals surface area (Å²) in [6.07, 6.45) is 2.38. The van der Waals surface area contributed by atoms with E-state index in [1.165, 1.54) is 6.20 Å². The van der Waals surface area contributed by atoms with Crippen molar-refractivity contribution in [1.29, 1.82) is 0 Å². The van der Waals surface area contributed by atoms with Crippen molar-refractivity contribution in [1.82, 2.24) is 9.88 Å². The Balaban J connectivity index is 1.55. The van der Waals surface area contributed by atoms with Crippen molar-refractivity contribution in [2.45, 2.75) is 12.8 Å². The maximum absolute atomic E-state index is 12.4. The minimum atomic E-state index is -0.379. The lowest BCUT2D eigenvalue weighted by molar-refractivity contribution is -0.128. The van der Waals surface area contributed by atoms with Gasteiger partial charge in [-0.2, -0.15) is 0 Å². The quantitative estimate of drug-likeness (QED) is 0.753. The van der Waals surface area contributed by atoms with Crippen LogP contribution >= 0.6 is 0 Å². The van der Waals surface area contributed by atoms with Crippen LogP contribution in [0.25, 0.3) is 0 Å². The molecule has 8 nitrogen and oxygen atoms in total. The summed E-state index contributed by atoms with van der Waals surface area (Å²) in [6, 6.07) is 8.99. The van der Waals surface area contributed by atoms with Crippen LogP contribution in [0.5, 0.6) is 11.5 Å². The predicted octanol–water partition coefficient (Wildman–Crippen LogP) is 1.71. The van der Waals surface area contributed by atoms with Gasteiger partial charge >= 0.3 is 0 Å². The van der Waals surface area contributed by atoms with E-state index in [-0.39, 0.29) is 24.2 Å². The highest BCUT2D eigenvalue weighted by atomic mass is 16.5. The number of nitrogens with two attached hydrogens (primary N) is 1. The average molecular weight is 384 g/mol. The number of hydrogen-bond donors (Lipinski definition) is 2. The molecule has 0 spiro atoms. The van der Waals surface area contributed by atoms with Crippen LogP contribution < -0.4 is 20.5 Å². The second-order valence-electron chi connectivity index (χ2n) is 6.64. The number of aromatic nitrogens is 1. The molecular weight excluding hydrogens is 360 g/mol. The normalized spacial score (nSPS) is 16.1. The van der Waals surface area contributed by atoms with Crippen LogP contribution in [0.1, 0.15) is 12.0 Å². The number of anilines is 2. The molecule has 3 rings (SSSR count). The Morgan fingerprint density at radius 1 is 1.25 bits per heavy atom.